The number of halogens is 4. The first-order valence-electron chi connectivity index (χ1n) is 8.74. The zero-order valence-electron chi connectivity index (χ0n) is 15.7. The molecule has 30 heavy (non-hydrogen) atoms. The Morgan fingerprint density at radius 1 is 1.20 bits per heavy atom. The largest absolute Gasteiger partial charge is 0.741 e. The van der Waals surface area contributed by atoms with E-state index in [1.807, 2.05) is 17.5 Å². The normalized spacial score (nSPS) is 16.8. The smallest absolute Gasteiger partial charge is 0.485 e. The van der Waals surface area contributed by atoms with Crippen LogP contribution in [-0.4, -0.2) is 24.3 Å². The van der Waals surface area contributed by atoms with Gasteiger partial charge in [-0.1, -0.05) is 43.3 Å². The summed E-state index contributed by atoms with van der Waals surface area (Å²) in [6, 6.07) is 14.5. The van der Waals surface area contributed by atoms with Crippen LogP contribution in [-0.2, 0) is 10.1 Å². The lowest BCUT2D eigenvalue weighted by molar-refractivity contribution is -0.579. The lowest BCUT2D eigenvalue weighted by Gasteiger charge is -2.17. The van der Waals surface area contributed by atoms with Gasteiger partial charge in [0.15, 0.2) is 17.3 Å². The maximum atomic E-state index is 13.0. The molecule has 3 rings (SSSR count). The summed E-state index contributed by atoms with van der Waals surface area (Å²) < 4.78 is 61.7. The van der Waals surface area contributed by atoms with Crippen LogP contribution in [0.15, 0.2) is 69.1 Å². The summed E-state index contributed by atoms with van der Waals surface area (Å²) in [5, 5.41) is 1.99. The highest BCUT2D eigenvalue weighted by atomic mass is 127. The van der Waals surface area contributed by atoms with Crippen LogP contribution in [0.25, 0.3) is 0 Å². The number of rotatable bonds is 5. The lowest BCUT2D eigenvalue weighted by atomic mass is 9.88. The number of allylic oxidation sites excluding steroid dienone is 4. The maximum absolute atomic E-state index is 13.0. The number of alkyl halides is 3. The van der Waals surface area contributed by atoms with Crippen LogP contribution in [0.1, 0.15) is 29.4 Å². The van der Waals surface area contributed by atoms with Crippen molar-refractivity contribution in [3.8, 4) is 0 Å². The van der Waals surface area contributed by atoms with Gasteiger partial charge in [0.2, 0.25) is 5.78 Å². The molecular formula is C20H18F3IO4S2. The average Bonchev–Trinajstić information content (AvgIpc) is 3.22. The Kier molecular flexibility index (Phi) is 8.83. The van der Waals surface area contributed by atoms with Crippen molar-refractivity contribution in [3.63, 3.8) is 0 Å². The second-order valence-electron chi connectivity index (χ2n) is 6.06. The quantitative estimate of drug-likeness (QED) is 0.182. The predicted octanol–water partition coefficient (Wildman–Crippen LogP) is 2.18. The number of thiophene rings is 1. The Morgan fingerprint density at radius 3 is 2.33 bits per heavy atom. The van der Waals surface area contributed by atoms with Gasteiger partial charge in [0.05, 0.1) is 10.5 Å². The zero-order valence-corrected chi connectivity index (χ0v) is 19.5. The van der Waals surface area contributed by atoms with Crippen molar-refractivity contribution in [1.82, 2.24) is 0 Å². The van der Waals surface area contributed by atoms with E-state index in [2.05, 4.69) is 49.4 Å². The third kappa shape index (κ3) is 6.76. The molecule has 0 amide bonds. The van der Waals surface area contributed by atoms with E-state index < -0.39 is 15.6 Å². The summed E-state index contributed by atoms with van der Waals surface area (Å²) in [4.78, 5) is 13.8. The van der Waals surface area contributed by atoms with E-state index in [9.17, 15) is 18.0 Å². The van der Waals surface area contributed by atoms with E-state index in [4.69, 9.17) is 13.0 Å². The molecule has 1 aromatic carbocycles. The number of Topliss-reactive ketones (excluding diaryl/α,β-unsaturated/α-hetero) is 1. The van der Waals surface area contributed by atoms with E-state index in [0.29, 0.717) is 0 Å². The Hall–Kier alpha value is -1.50. The number of hydrogen-bond acceptors (Lipinski definition) is 5. The zero-order chi connectivity index (χ0) is 22.4. The molecule has 0 saturated carbocycles. The average molecular weight is 570 g/mol. The fourth-order valence-electron chi connectivity index (χ4n) is 2.61. The van der Waals surface area contributed by atoms with Crippen molar-refractivity contribution in [2.24, 2.45) is 5.92 Å². The molecule has 1 unspecified atom stereocenters. The Morgan fingerprint density at radius 2 is 1.83 bits per heavy atom. The summed E-state index contributed by atoms with van der Waals surface area (Å²) in [7, 11) is -6.09. The minimum atomic E-state index is -6.09. The van der Waals surface area contributed by atoms with E-state index in [1.54, 1.807) is 11.3 Å². The second-order valence-corrected chi connectivity index (χ2v) is 11.5. The van der Waals surface area contributed by atoms with Gasteiger partial charge in [-0.05, 0) is 30.0 Å². The van der Waals surface area contributed by atoms with Crippen LogP contribution in [0.5, 0.6) is 0 Å². The fourth-order valence-corrected chi connectivity index (χ4v) is 6.23. The number of ketones is 1. The highest BCUT2D eigenvalue weighted by molar-refractivity contribution is 7.86. The van der Waals surface area contributed by atoms with Crippen molar-refractivity contribution in [2.75, 3.05) is 0 Å². The molecule has 1 atom stereocenters. The van der Waals surface area contributed by atoms with E-state index in [0.717, 1.165) is 23.3 Å². The van der Waals surface area contributed by atoms with Gasteiger partial charge in [-0.25, -0.2) is 8.42 Å². The van der Waals surface area contributed by atoms with Gasteiger partial charge >= 0.3 is 26.7 Å². The Labute approximate surface area is 187 Å². The van der Waals surface area contributed by atoms with Gasteiger partial charge in [-0.3, -0.25) is 4.79 Å². The first-order chi connectivity index (χ1) is 14.0. The molecule has 0 N–H and O–H groups in total. The molecule has 2 aromatic rings. The maximum Gasteiger partial charge on any atom is 0.485 e. The van der Waals surface area contributed by atoms with Crippen molar-refractivity contribution in [2.45, 2.75) is 25.3 Å². The first kappa shape index (κ1) is 24.8. The van der Waals surface area contributed by atoms with Gasteiger partial charge in [0.25, 0.3) is 0 Å². The van der Waals surface area contributed by atoms with Crippen LogP contribution in [0.3, 0.4) is 0 Å². The second kappa shape index (κ2) is 10.7. The lowest BCUT2D eigenvalue weighted by Crippen LogP contribution is -3.61. The summed E-state index contributed by atoms with van der Waals surface area (Å²) in [5.74, 6) is 0.526. The molecule has 0 fully saturated rings. The van der Waals surface area contributed by atoms with Crippen LogP contribution >= 0.6 is 11.3 Å². The number of benzene rings is 1. The molecular weight excluding hydrogens is 552 g/mol. The van der Waals surface area contributed by atoms with Crippen LogP contribution in [0.4, 0.5) is 13.2 Å². The predicted molar refractivity (Wildman–Crippen MR) is 104 cm³/mol. The SMILES string of the molecule is CCC1C=CCC([I+]c2ccccc2)=C1C(=O)c1cccs1.O=S(=O)([O-])C(F)(F)F. The van der Waals surface area contributed by atoms with Gasteiger partial charge in [0, 0.05) is 12.3 Å². The minimum absolute atomic E-state index is 0.247. The first-order valence-corrected chi connectivity index (χ1v) is 13.2. The van der Waals surface area contributed by atoms with Gasteiger partial charge in [0.1, 0.15) is 0 Å². The van der Waals surface area contributed by atoms with Crippen molar-refractivity contribution in [3.05, 3.63) is 77.6 Å². The Balaban J connectivity index is 0.000000343. The molecule has 1 aliphatic carbocycles. The van der Waals surface area contributed by atoms with Crippen molar-refractivity contribution >= 4 is 27.2 Å². The Bertz CT molecular complexity index is 1010. The number of hydrogen-bond donors (Lipinski definition) is 0. The molecule has 1 heterocycles. The van der Waals surface area contributed by atoms with Crippen molar-refractivity contribution in [1.29, 1.82) is 0 Å². The molecule has 4 nitrogen and oxygen atoms in total. The number of carbonyl (C=O) groups excluding carboxylic acids is 1. The molecule has 1 aromatic heterocycles. The summed E-state index contributed by atoms with van der Waals surface area (Å²) in [6.07, 6.45) is 6.40. The molecule has 10 heteroatoms. The molecule has 0 radical (unpaired) electrons. The summed E-state index contributed by atoms with van der Waals surface area (Å²) in [5.41, 5.74) is -4.57. The third-order valence-electron chi connectivity index (χ3n) is 4.00. The molecule has 0 saturated heterocycles. The summed E-state index contributed by atoms with van der Waals surface area (Å²) >= 11 is 1.28. The minimum Gasteiger partial charge on any atom is -0.741 e. The highest BCUT2D eigenvalue weighted by Gasteiger charge is 2.37. The molecule has 1 aliphatic rings. The van der Waals surface area contributed by atoms with Gasteiger partial charge in [-0.2, -0.15) is 13.2 Å². The van der Waals surface area contributed by atoms with E-state index >= 15 is 0 Å². The van der Waals surface area contributed by atoms with Crippen LogP contribution < -0.4 is 21.2 Å². The fraction of sp³-hybridized carbons (Fsp3) is 0.250. The number of carbonyl (C=O) groups is 1. The van der Waals surface area contributed by atoms with E-state index in [-0.39, 0.29) is 32.9 Å². The van der Waals surface area contributed by atoms with Crippen molar-refractivity contribution < 1.29 is 52.1 Å². The standard InChI is InChI=1S/C19H18IOS.CHF3O3S/c1-2-14-8-6-11-16(20-15-9-4-3-5-10-15)18(14)19(21)17-12-7-13-22-17;2-1(3,4)8(5,6)7/h3-10,12-14H,2,11H2,1H3;(H,5,6,7)/q+1;/p-1. The monoisotopic (exact) mass is 570 g/mol. The molecule has 0 bridgehead atoms. The van der Waals surface area contributed by atoms with Crippen LogP contribution in [0, 0.1) is 9.49 Å². The van der Waals surface area contributed by atoms with Gasteiger partial charge < -0.3 is 4.55 Å². The van der Waals surface area contributed by atoms with Gasteiger partial charge in [-0.15, -0.1) is 11.3 Å². The molecule has 162 valence electrons. The third-order valence-corrected chi connectivity index (χ3v) is 8.45. The van der Waals surface area contributed by atoms with Crippen LogP contribution in [0.2, 0.25) is 0 Å². The molecule has 0 aliphatic heterocycles. The van der Waals surface area contributed by atoms with E-state index in [1.165, 1.54) is 7.15 Å². The highest BCUT2D eigenvalue weighted by Crippen LogP contribution is 2.28. The molecule has 0 spiro atoms. The summed E-state index contributed by atoms with van der Waals surface area (Å²) in [6.45, 7) is 2.17. The topological polar surface area (TPSA) is 74.3 Å².